The van der Waals surface area contributed by atoms with Crippen molar-refractivity contribution in [2.24, 2.45) is 5.92 Å². The first-order valence-corrected chi connectivity index (χ1v) is 9.42. The van der Waals surface area contributed by atoms with Crippen molar-refractivity contribution >= 4 is 34.5 Å². The Morgan fingerprint density at radius 1 is 1.12 bits per heavy atom. The molecule has 6 heteroatoms. The minimum absolute atomic E-state index is 0.174. The lowest BCUT2D eigenvalue weighted by Crippen LogP contribution is -2.36. The predicted octanol–water partition coefficient (Wildman–Crippen LogP) is 4.45. The summed E-state index contributed by atoms with van der Waals surface area (Å²) in [6.45, 7) is 0. The van der Waals surface area contributed by atoms with Gasteiger partial charge in [0.2, 0.25) is 0 Å². The third-order valence-electron chi connectivity index (χ3n) is 5.52. The van der Waals surface area contributed by atoms with Crippen molar-refractivity contribution in [3.8, 4) is 11.5 Å². The van der Waals surface area contributed by atoms with Crippen molar-refractivity contribution < 1.29 is 9.47 Å². The van der Waals surface area contributed by atoms with Gasteiger partial charge >= 0.3 is 0 Å². The van der Waals surface area contributed by atoms with Crippen molar-refractivity contribution in [3.05, 3.63) is 52.0 Å². The van der Waals surface area contributed by atoms with Crippen LogP contribution in [-0.2, 0) is 0 Å². The van der Waals surface area contributed by atoms with Crippen LogP contribution in [0.2, 0.25) is 5.02 Å². The molecule has 0 amide bonds. The average molecular weight is 389 g/mol. The summed E-state index contributed by atoms with van der Waals surface area (Å²) in [7, 11) is 3.32. The lowest BCUT2D eigenvalue weighted by molar-refractivity contribution is 0.352. The van der Waals surface area contributed by atoms with Crippen LogP contribution in [0.15, 0.2) is 30.3 Å². The molecule has 0 saturated carbocycles. The van der Waals surface area contributed by atoms with Crippen LogP contribution in [0.5, 0.6) is 11.5 Å². The number of halogens is 1. The summed E-state index contributed by atoms with van der Waals surface area (Å²) in [4.78, 5) is 0.919. The molecular formula is C20H21ClN2O2S. The Morgan fingerprint density at radius 2 is 1.81 bits per heavy atom. The summed E-state index contributed by atoms with van der Waals surface area (Å²) in [6.07, 6.45) is 1.93. The van der Waals surface area contributed by atoms with E-state index in [1.165, 1.54) is 16.7 Å². The summed E-state index contributed by atoms with van der Waals surface area (Å²) >= 11 is 11.8. The highest BCUT2D eigenvalue weighted by Crippen LogP contribution is 2.54. The molecule has 1 aliphatic carbocycles. The van der Waals surface area contributed by atoms with Crippen LogP contribution in [0, 0.1) is 5.92 Å². The second-order valence-electron chi connectivity index (χ2n) is 6.84. The number of piperidine rings is 1. The number of thiocarbonyl (C=S) groups is 1. The molecular weight excluding hydrogens is 368 g/mol. The summed E-state index contributed by atoms with van der Waals surface area (Å²) < 4.78 is 11.1. The van der Waals surface area contributed by atoms with Crippen LogP contribution in [0.4, 0.5) is 5.69 Å². The third kappa shape index (κ3) is 2.70. The zero-order chi connectivity index (χ0) is 18.4. The Bertz CT molecular complexity index is 886. The monoisotopic (exact) mass is 388 g/mol. The molecule has 26 heavy (non-hydrogen) atoms. The van der Waals surface area contributed by atoms with Gasteiger partial charge in [-0.1, -0.05) is 29.9 Å². The maximum Gasteiger partial charge on any atom is 0.161 e. The Labute approximate surface area is 163 Å². The lowest BCUT2D eigenvalue weighted by Gasteiger charge is -2.32. The molecule has 2 aromatic rings. The van der Waals surface area contributed by atoms with E-state index in [-0.39, 0.29) is 12.0 Å². The normalized spacial score (nSPS) is 23.8. The number of ether oxygens (including phenoxy) is 2. The molecule has 4 rings (SSSR count). The largest absolute Gasteiger partial charge is 0.493 e. The molecule has 2 aliphatic rings. The number of hydrogen-bond acceptors (Lipinski definition) is 4. The molecule has 136 valence electrons. The Morgan fingerprint density at radius 3 is 2.46 bits per heavy atom. The van der Waals surface area contributed by atoms with Gasteiger partial charge in [0.15, 0.2) is 11.5 Å². The molecule has 3 N–H and O–H groups in total. The van der Waals surface area contributed by atoms with Crippen LogP contribution in [0.3, 0.4) is 0 Å². The molecule has 1 heterocycles. The van der Waals surface area contributed by atoms with E-state index in [9.17, 15) is 0 Å². The minimum atomic E-state index is 0.174. The smallest absolute Gasteiger partial charge is 0.161 e. The number of fused-ring (bicyclic) bond motifs is 3. The lowest BCUT2D eigenvalue weighted by atomic mass is 9.80. The van der Waals surface area contributed by atoms with Crippen LogP contribution in [0.25, 0.3) is 0 Å². The molecule has 3 atom stereocenters. The molecule has 2 aromatic carbocycles. The second-order valence-corrected chi connectivity index (χ2v) is 7.74. The van der Waals surface area contributed by atoms with Gasteiger partial charge < -0.3 is 20.5 Å². The van der Waals surface area contributed by atoms with E-state index in [1.807, 2.05) is 12.1 Å². The standard InChI is InChI=1S/C20H21ClN2O2S/c1-24-16-8-12-13(9-17(16)25-2)20-11(4-6-18(26)23-20)19(12)10-3-5-15(22)14(21)7-10/h3,5,7-9,11,19-20H,4,6,22H2,1-2H3,(H,23,26). The molecule has 4 nitrogen and oxygen atoms in total. The number of hydrogen-bond donors (Lipinski definition) is 2. The molecule has 1 aliphatic heterocycles. The Hall–Kier alpha value is -1.98. The van der Waals surface area contributed by atoms with E-state index in [4.69, 9.17) is 39.0 Å². The van der Waals surface area contributed by atoms with Gasteiger partial charge in [0.1, 0.15) is 0 Å². The fraction of sp³-hybridized carbons (Fsp3) is 0.350. The fourth-order valence-electron chi connectivity index (χ4n) is 4.33. The van der Waals surface area contributed by atoms with Crippen molar-refractivity contribution in [1.82, 2.24) is 5.32 Å². The number of nitrogens with two attached hydrogens (primary N) is 1. The van der Waals surface area contributed by atoms with Gasteiger partial charge in [-0.05, 0) is 59.7 Å². The number of nitrogens with one attached hydrogen (secondary N) is 1. The highest BCUT2D eigenvalue weighted by Gasteiger charge is 2.44. The van der Waals surface area contributed by atoms with E-state index < -0.39 is 0 Å². The molecule has 0 radical (unpaired) electrons. The number of anilines is 1. The number of benzene rings is 2. The van der Waals surface area contributed by atoms with Crippen molar-refractivity contribution in [2.45, 2.75) is 24.8 Å². The van der Waals surface area contributed by atoms with E-state index in [0.717, 1.165) is 29.3 Å². The highest BCUT2D eigenvalue weighted by atomic mass is 35.5. The quantitative estimate of drug-likeness (QED) is 0.600. The van der Waals surface area contributed by atoms with Crippen molar-refractivity contribution in [1.29, 1.82) is 0 Å². The zero-order valence-corrected chi connectivity index (χ0v) is 16.3. The van der Waals surface area contributed by atoms with E-state index >= 15 is 0 Å². The highest BCUT2D eigenvalue weighted by molar-refractivity contribution is 7.80. The molecule has 3 unspecified atom stereocenters. The SMILES string of the molecule is COc1cc2c(cc1OC)C(c1ccc(N)c(Cl)c1)C1CCC(=S)NC21. The van der Waals surface area contributed by atoms with E-state index in [0.29, 0.717) is 16.6 Å². The first kappa shape index (κ1) is 17.4. The topological polar surface area (TPSA) is 56.5 Å². The van der Waals surface area contributed by atoms with E-state index in [1.54, 1.807) is 14.2 Å². The average Bonchev–Trinajstić information content (AvgIpc) is 2.95. The summed E-state index contributed by atoms with van der Waals surface area (Å²) in [5.74, 6) is 2.08. The molecule has 0 spiro atoms. The number of rotatable bonds is 3. The third-order valence-corrected chi connectivity index (χ3v) is 6.17. The van der Waals surface area contributed by atoms with Gasteiger partial charge in [0.05, 0.1) is 36.0 Å². The van der Waals surface area contributed by atoms with Gasteiger partial charge in [0.25, 0.3) is 0 Å². The van der Waals surface area contributed by atoms with Crippen molar-refractivity contribution in [2.75, 3.05) is 20.0 Å². The number of methoxy groups -OCH3 is 2. The molecule has 0 bridgehead atoms. The van der Waals surface area contributed by atoms with Crippen molar-refractivity contribution in [3.63, 3.8) is 0 Å². The first-order chi connectivity index (χ1) is 12.5. The van der Waals surface area contributed by atoms with Crippen LogP contribution < -0.4 is 20.5 Å². The molecule has 1 fully saturated rings. The molecule has 0 aromatic heterocycles. The predicted molar refractivity (Wildman–Crippen MR) is 108 cm³/mol. The summed E-state index contributed by atoms with van der Waals surface area (Å²) in [5, 5.41) is 4.12. The first-order valence-electron chi connectivity index (χ1n) is 8.63. The van der Waals surface area contributed by atoms with Gasteiger partial charge in [-0.15, -0.1) is 0 Å². The van der Waals surface area contributed by atoms with Gasteiger partial charge in [-0.2, -0.15) is 0 Å². The van der Waals surface area contributed by atoms with Crippen LogP contribution in [0.1, 0.15) is 41.5 Å². The molecule has 1 saturated heterocycles. The minimum Gasteiger partial charge on any atom is -0.493 e. The van der Waals surface area contributed by atoms with Crippen LogP contribution in [-0.4, -0.2) is 19.2 Å². The number of nitrogen functional groups attached to an aromatic ring is 1. The maximum atomic E-state index is 6.32. The second kappa shape index (κ2) is 6.63. The van der Waals surface area contributed by atoms with Crippen LogP contribution >= 0.6 is 23.8 Å². The summed E-state index contributed by atoms with van der Waals surface area (Å²) in [6, 6.07) is 10.3. The fourth-order valence-corrected chi connectivity index (χ4v) is 4.76. The zero-order valence-electron chi connectivity index (χ0n) is 14.7. The Kier molecular flexibility index (Phi) is 4.45. The Balaban J connectivity index is 1.89. The van der Waals surface area contributed by atoms with Gasteiger partial charge in [0, 0.05) is 5.92 Å². The maximum absolute atomic E-state index is 6.32. The summed E-state index contributed by atoms with van der Waals surface area (Å²) in [5.41, 5.74) is 10.1. The van der Waals surface area contributed by atoms with E-state index in [2.05, 4.69) is 23.5 Å². The van der Waals surface area contributed by atoms with Gasteiger partial charge in [-0.3, -0.25) is 0 Å². The van der Waals surface area contributed by atoms with Gasteiger partial charge in [-0.25, -0.2) is 0 Å².